The second-order valence-corrected chi connectivity index (χ2v) is 4.80. The van der Waals surface area contributed by atoms with Crippen molar-refractivity contribution in [3.05, 3.63) is 47.0 Å². The highest BCUT2D eigenvalue weighted by molar-refractivity contribution is 6.30. The van der Waals surface area contributed by atoms with Crippen LogP contribution in [0.25, 0.3) is 0 Å². The second kappa shape index (κ2) is 6.68. The molecule has 1 heterocycles. The number of benzene rings is 1. The van der Waals surface area contributed by atoms with Crippen molar-refractivity contribution in [1.29, 1.82) is 0 Å². The third kappa shape index (κ3) is 3.55. The smallest absolute Gasteiger partial charge is 0.138 e. The second-order valence-electron chi connectivity index (χ2n) is 4.36. The average molecular weight is 279 g/mol. The Balaban J connectivity index is 2.21. The fourth-order valence-electron chi connectivity index (χ4n) is 2.17. The number of aryl methyl sites for hydroxylation is 1. The molecule has 0 amide bonds. The van der Waals surface area contributed by atoms with E-state index in [1.54, 1.807) is 6.33 Å². The number of nitrogens with zero attached hydrogens (tertiary/aromatic N) is 3. The lowest BCUT2D eigenvalue weighted by atomic mass is 10.0. The molecule has 0 aliphatic carbocycles. The van der Waals surface area contributed by atoms with Crippen LogP contribution in [0.15, 0.2) is 30.6 Å². The number of rotatable bonds is 6. The fourth-order valence-corrected chi connectivity index (χ4v) is 2.37. The standard InChI is InChI=1S/C14H19ClN4/c1-3-16-13(11-6-5-7-12(15)8-11)9-14-17-10-18-19(14)4-2/h5-8,10,13,16H,3-4,9H2,1-2H3. The SMILES string of the molecule is CCNC(Cc1ncnn1CC)c1cccc(Cl)c1. The van der Waals surface area contributed by atoms with Crippen LogP contribution in [0, 0.1) is 0 Å². The third-order valence-electron chi connectivity index (χ3n) is 3.08. The molecule has 0 aliphatic heterocycles. The van der Waals surface area contributed by atoms with E-state index in [0.29, 0.717) is 0 Å². The Morgan fingerprint density at radius 3 is 2.89 bits per heavy atom. The quantitative estimate of drug-likeness (QED) is 0.884. The molecule has 1 aromatic carbocycles. The van der Waals surface area contributed by atoms with Crippen LogP contribution in [0.4, 0.5) is 0 Å². The lowest BCUT2D eigenvalue weighted by Gasteiger charge is -2.18. The molecule has 0 aliphatic rings. The summed E-state index contributed by atoms with van der Waals surface area (Å²) in [5.41, 5.74) is 1.18. The van der Waals surface area contributed by atoms with E-state index in [9.17, 15) is 0 Å². The van der Waals surface area contributed by atoms with Crippen molar-refractivity contribution in [2.75, 3.05) is 6.54 Å². The Morgan fingerprint density at radius 1 is 1.37 bits per heavy atom. The van der Waals surface area contributed by atoms with E-state index in [0.717, 1.165) is 30.4 Å². The molecule has 19 heavy (non-hydrogen) atoms. The highest BCUT2D eigenvalue weighted by Gasteiger charge is 2.14. The van der Waals surface area contributed by atoms with E-state index in [2.05, 4.69) is 35.3 Å². The summed E-state index contributed by atoms with van der Waals surface area (Å²) < 4.78 is 1.93. The van der Waals surface area contributed by atoms with Crippen molar-refractivity contribution in [3.63, 3.8) is 0 Å². The minimum Gasteiger partial charge on any atom is -0.310 e. The Hall–Kier alpha value is -1.39. The maximum Gasteiger partial charge on any atom is 0.138 e. The highest BCUT2D eigenvalue weighted by atomic mass is 35.5. The highest BCUT2D eigenvalue weighted by Crippen LogP contribution is 2.20. The maximum absolute atomic E-state index is 6.07. The molecule has 0 saturated carbocycles. The van der Waals surface area contributed by atoms with Gasteiger partial charge in [-0.25, -0.2) is 4.98 Å². The molecular weight excluding hydrogens is 260 g/mol. The van der Waals surface area contributed by atoms with E-state index in [-0.39, 0.29) is 6.04 Å². The molecule has 0 bridgehead atoms. The molecule has 0 fully saturated rings. The first-order valence-corrected chi connectivity index (χ1v) is 6.98. The van der Waals surface area contributed by atoms with E-state index in [1.807, 2.05) is 22.9 Å². The van der Waals surface area contributed by atoms with E-state index in [4.69, 9.17) is 11.6 Å². The molecule has 102 valence electrons. The molecule has 2 aromatic rings. The molecule has 1 N–H and O–H groups in total. The monoisotopic (exact) mass is 278 g/mol. The molecule has 0 radical (unpaired) electrons. The zero-order valence-corrected chi connectivity index (χ0v) is 12.1. The first-order chi connectivity index (χ1) is 9.24. The van der Waals surface area contributed by atoms with Crippen molar-refractivity contribution in [3.8, 4) is 0 Å². The zero-order chi connectivity index (χ0) is 13.7. The molecule has 0 saturated heterocycles. The fraction of sp³-hybridized carbons (Fsp3) is 0.429. The van der Waals surface area contributed by atoms with Gasteiger partial charge in [-0.15, -0.1) is 0 Å². The Bertz CT molecular complexity index is 524. The first-order valence-electron chi connectivity index (χ1n) is 6.60. The maximum atomic E-state index is 6.07. The number of aromatic nitrogens is 3. The van der Waals surface area contributed by atoms with Gasteiger partial charge in [-0.1, -0.05) is 30.7 Å². The summed E-state index contributed by atoms with van der Waals surface area (Å²) in [6.45, 7) is 5.91. The van der Waals surface area contributed by atoms with E-state index in [1.165, 1.54) is 5.56 Å². The van der Waals surface area contributed by atoms with E-state index < -0.39 is 0 Å². The van der Waals surface area contributed by atoms with Crippen LogP contribution in [-0.2, 0) is 13.0 Å². The number of nitrogens with one attached hydrogen (secondary N) is 1. The molecule has 5 heteroatoms. The predicted octanol–water partition coefficient (Wildman–Crippen LogP) is 2.84. The summed E-state index contributed by atoms with van der Waals surface area (Å²) in [5, 5.41) is 8.45. The number of likely N-dealkylation sites (N-methyl/N-ethyl adjacent to an activating group) is 1. The van der Waals surface area contributed by atoms with Gasteiger partial charge in [0.2, 0.25) is 0 Å². The Labute approximate surface area is 118 Å². The third-order valence-corrected chi connectivity index (χ3v) is 3.32. The molecule has 4 nitrogen and oxygen atoms in total. The van der Waals surface area contributed by atoms with Gasteiger partial charge >= 0.3 is 0 Å². The molecule has 1 unspecified atom stereocenters. The summed E-state index contributed by atoms with van der Waals surface area (Å²) in [6.07, 6.45) is 2.42. The molecule has 0 spiro atoms. The van der Waals surface area contributed by atoms with Gasteiger partial charge in [-0.05, 0) is 31.2 Å². The van der Waals surface area contributed by atoms with Crippen LogP contribution in [0.2, 0.25) is 5.02 Å². The minimum atomic E-state index is 0.207. The molecule has 1 aromatic heterocycles. The summed E-state index contributed by atoms with van der Waals surface area (Å²) in [7, 11) is 0. The predicted molar refractivity (Wildman–Crippen MR) is 77.3 cm³/mol. The lowest BCUT2D eigenvalue weighted by Crippen LogP contribution is -2.24. The van der Waals surface area contributed by atoms with Crippen molar-refractivity contribution >= 4 is 11.6 Å². The van der Waals surface area contributed by atoms with Gasteiger partial charge < -0.3 is 5.32 Å². The van der Waals surface area contributed by atoms with Crippen LogP contribution in [0.5, 0.6) is 0 Å². The van der Waals surface area contributed by atoms with Crippen molar-refractivity contribution in [1.82, 2.24) is 20.1 Å². The van der Waals surface area contributed by atoms with E-state index >= 15 is 0 Å². The minimum absolute atomic E-state index is 0.207. The molecular formula is C14H19ClN4. The average Bonchev–Trinajstić information content (AvgIpc) is 2.85. The topological polar surface area (TPSA) is 42.7 Å². The summed E-state index contributed by atoms with van der Waals surface area (Å²) in [4.78, 5) is 4.34. The van der Waals surface area contributed by atoms with Gasteiger partial charge in [-0.2, -0.15) is 5.10 Å². The van der Waals surface area contributed by atoms with Crippen molar-refractivity contribution in [2.45, 2.75) is 32.9 Å². The van der Waals surface area contributed by atoms with Crippen molar-refractivity contribution < 1.29 is 0 Å². The largest absolute Gasteiger partial charge is 0.310 e. The normalized spacial score (nSPS) is 12.6. The summed E-state index contributed by atoms with van der Waals surface area (Å²) in [5.74, 6) is 0.994. The zero-order valence-electron chi connectivity index (χ0n) is 11.3. The van der Waals surface area contributed by atoms with Crippen LogP contribution in [-0.4, -0.2) is 21.3 Å². The summed E-state index contributed by atoms with van der Waals surface area (Å²) in [6, 6.07) is 8.17. The summed E-state index contributed by atoms with van der Waals surface area (Å²) >= 11 is 6.07. The Kier molecular flexibility index (Phi) is 4.93. The first kappa shape index (κ1) is 14.0. The van der Waals surface area contributed by atoms with Crippen molar-refractivity contribution in [2.24, 2.45) is 0 Å². The van der Waals surface area contributed by atoms with Crippen LogP contribution < -0.4 is 5.32 Å². The van der Waals surface area contributed by atoms with Gasteiger partial charge in [0.05, 0.1) is 0 Å². The van der Waals surface area contributed by atoms with Crippen LogP contribution in [0.1, 0.15) is 31.3 Å². The van der Waals surface area contributed by atoms with Gasteiger partial charge in [0, 0.05) is 24.0 Å². The van der Waals surface area contributed by atoms with Gasteiger partial charge in [0.25, 0.3) is 0 Å². The van der Waals surface area contributed by atoms with Gasteiger partial charge in [0.15, 0.2) is 0 Å². The molecule has 1 atom stereocenters. The van der Waals surface area contributed by atoms with Gasteiger partial charge in [-0.3, -0.25) is 4.68 Å². The lowest BCUT2D eigenvalue weighted by molar-refractivity contribution is 0.509. The number of hydrogen-bond donors (Lipinski definition) is 1. The molecule has 2 rings (SSSR count). The van der Waals surface area contributed by atoms with Gasteiger partial charge in [0.1, 0.15) is 12.2 Å². The number of hydrogen-bond acceptors (Lipinski definition) is 3. The van der Waals surface area contributed by atoms with Crippen LogP contribution >= 0.6 is 11.6 Å². The number of halogens is 1. The van der Waals surface area contributed by atoms with Crippen LogP contribution in [0.3, 0.4) is 0 Å². The Morgan fingerprint density at radius 2 is 2.21 bits per heavy atom.